The minimum Gasteiger partial charge on any atom is -0.478 e. The molecule has 1 unspecified atom stereocenters. The third kappa shape index (κ3) is 4.11. The summed E-state index contributed by atoms with van der Waals surface area (Å²) in [5, 5.41) is 9.57. The monoisotopic (exact) mass is 608 g/mol. The highest BCUT2D eigenvalue weighted by Crippen LogP contribution is 2.41. The van der Waals surface area contributed by atoms with E-state index in [1.807, 2.05) is 18.2 Å². The largest absolute Gasteiger partial charge is 0.478 e. The third-order valence-corrected chi connectivity index (χ3v) is 8.89. The molecule has 2 aliphatic rings. The van der Waals surface area contributed by atoms with Gasteiger partial charge >= 0.3 is 5.97 Å². The zero-order valence-corrected chi connectivity index (χ0v) is 23.4. The molecular weight excluding hydrogens is 588 g/mol. The number of fused-ring (bicyclic) bond motifs is 3. The van der Waals surface area contributed by atoms with Crippen LogP contribution in [0, 0.1) is 0 Å². The SMILES string of the molecule is O=C(O)c1ccccc1-c1ccc(/C=c2\sc3n(c2=O)C(c2ccc(Br)cc2)C2=C(N=3)c3ccccc3CC2)o1. The van der Waals surface area contributed by atoms with Crippen molar-refractivity contribution in [1.29, 1.82) is 0 Å². The van der Waals surface area contributed by atoms with Crippen LogP contribution in [0.3, 0.4) is 0 Å². The first-order chi connectivity index (χ1) is 19.5. The first-order valence-electron chi connectivity index (χ1n) is 12.8. The number of halogens is 1. The van der Waals surface area contributed by atoms with Gasteiger partial charge in [0.25, 0.3) is 5.56 Å². The van der Waals surface area contributed by atoms with Crippen molar-refractivity contribution < 1.29 is 14.3 Å². The number of allylic oxidation sites excluding steroid dienone is 1. The van der Waals surface area contributed by atoms with Crippen molar-refractivity contribution in [3.05, 3.63) is 143 Å². The van der Waals surface area contributed by atoms with Gasteiger partial charge in [0.2, 0.25) is 0 Å². The molecular formula is C32H21BrN2O4S. The Labute approximate surface area is 241 Å². The maximum Gasteiger partial charge on any atom is 0.336 e. The zero-order valence-electron chi connectivity index (χ0n) is 21.0. The van der Waals surface area contributed by atoms with Gasteiger partial charge in [0.1, 0.15) is 11.5 Å². The predicted molar refractivity (Wildman–Crippen MR) is 158 cm³/mol. The van der Waals surface area contributed by atoms with Crippen LogP contribution in [-0.4, -0.2) is 15.6 Å². The Morgan fingerprint density at radius 1 is 0.975 bits per heavy atom. The van der Waals surface area contributed by atoms with E-state index in [0.717, 1.165) is 39.7 Å². The number of furan rings is 1. The number of benzene rings is 3. The first kappa shape index (κ1) is 24.7. The van der Waals surface area contributed by atoms with Crippen LogP contribution in [0.15, 0.2) is 109 Å². The van der Waals surface area contributed by atoms with Crippen LogP contribution < -0.4 is 14.9 Å². The molecule has 0 amide bonds. The average molecular weight is 610 g/mol. The number of hydrogen-bond donors (Lipinski definition) is 1. The zero-order chi connectivity index (χ0) is 27.4. The number of carboxylic acid groups (broad SMARTS) is 1. The number of nitrogens with zero attached hydrogens (tertiary/aromatic N) is 2. The maximum absolute atomic E-state index is 13.9. The molecule has 1 atom stereocenters. The predicted octanol–water partition coefficient (Wildman–Crippen LogP) is 6.04. The Morgan fingerprint density at radius 2 is 1.73 bits per heavy atom. The molecule has 1 N–H and O–H groups in total. The van der Waals surface area contributed by atoms with Gasteiger partial charge in [0.15, 0.2) is 4.80 Å². The summed E-state index contributed by atoms with van der Waals surface area (Å²) in [6.45, 7) is 0. The number of aromatic nitrogens is 1. The van der Waals surface area contributed by atoms with Crippen LogP contribution in [0.2, 0.25) is 0 Å². The molecule has 40 heavy (non-hydrogen) atoms. The second kappa shape index (κ2) is 9.73. The molecule has 0 bridgehead atoms. The van der Waals surface area contributed by atoms with Crippen LogP contribution in [0.1, 0.15) is 45.3 Å². The first-order valence-corrected chi connectivity index (χ1v) is 14.4. The van der Waals surface area contributed by atoms with E-state index in [4.69, 9.17) is 9.41 Å². The molecule has 7 rings (SSSR count). The molecule has 0 spiro atoms. The minimum absolute atomic E-state index is 0.133. The molecule has 0 fully saturated rings. The highest BCUT2D eigenvalue weighted by atomic mass is 79.9. The fourth-order valence-corrected chi connectivity index (χ4v) is 6.80. The Balaban J connectivity index is 1.39. The van der Waals surface area contributed by atoms with Gasteiger partial charge in [-0.3, -0.25) is 9.36 Å². The molecule has 0 saturated carbocycles. The molecule has 3 heterocycles. The highest BCUT2D eigenvalue weighted by molar-refractivity contribution is 9.10. The highest BCUT2D eigenvalue weighted by Gasteiger charge is 2.32. The van der Waals surface area contributed by atoms with Crippen molar-refractivity contribution >= 4 is 45.0 Å². The molecule has 0 radical (unpaired) electrons. The number of carbonyl (C=O) groups is 1. The maximum atomic E-state index is 13.9. The van der Waals surface area contributed by atoms with Gasteiger partial charge in [0.05, 0.1) is 21.8 Å². The van der Waals surface area contributed by atoms with Crippen LogP contribution >= 0.6 is 27.3 Å². The molecule has 5 aromatic rings. The van der Waals surface area contributed by atoms with Crippen molar-refractivity contribution in [2.75, 3.05) is 0 Å². The van der Waals surface area contributed by atoms with E-state index in [1.165, 1.54) is 16.9 Å². The number of aromatic carboxylic acids is 1. The van der Waals surface area contributed by atoms with Crippen LogP contribution in [0.4, 0.5) is 0 Å². The van der Waals surface area contributed by atoms with Gasteiger partial charge in [-0.15, -0.1) is 0 Å². The minimum atomic E-state index is -1.03. The van der Waals surface area contributed by atoms with E-state index in [0.29, 0.717) is 26.4 Å². The summed E-state index contributed by atoms with van der Waals surface area (Å²) >= 11 is 4.87. The fourth-order valence-electron chi connectivity index (χ4n) is 5.56. The molecule has 2 aromatic heterocycles. The summed E-state index contributed by atoms with van der Waals surface area (Å²) in [4.78, 5) is 31.3. The summed E-state index contributed by atoms with van der Waals surface area (Å²) in [5.74, 6) is -0.132. The van der Waals surface area contributed by atoms with E-state index >= 15 is 0 Å². The lowest BCUT2D eigenvalue weighted by Gasteiger charge is -2.30. The molecule has 8 heteroatoms. The van der Waals surface area contributed by atoms with E-state index in [-0.39, 0.29) is 17.2 Å². The van der Waals surface area contributed by atoms with Crippen molar-refractivity contribution in [2.24, 2.45) is 4.99 Å². The Hall–Kier alpha value is -4.27. The fraction of sp³-hybridized carbons (Fsp3) is 0.0938. The number of hydrogen-bond acceptors (Lipinski definition) is 5. The van der Waals surface area contributed by atoms with Gasteiger partial charge in [0, 0.05) is 21.7 Å². The molecule has 1 aliphatic heterocycles. The van der Waals surface area contributed by atoms with Gasteiger partial charge in [-0.1, -0.05) is 81.9 Å². The normalized spacial score (nSPS) is 16.2. The van der Waals surface area contributed by atoms with Crippen LogP contribution in [0.5, 0.6) is 0 Å². The van der Waals surface area contributed by atoms with E-state index in [1.54, 1.807) is 47.0 Å². The second-order valence-electron chi connectivity index (χ2n) is 9.72. The lowest BCUT2D eigenvalue weighted by atomic mass is 9.83. The number of carboxylic acids is 1. The summed E-state index contributed by atoms with van der Waals surface area (Å²) in [6.07, 6.45) is 3.44. The van der Waals surface area contributed by atoms with Gasteiger partial charge in [-0.25, -0.2) is 9.79 Å². The Kier molecular flexibility index (Phi) is 6.02. The standard InChI is InChI=1S/C32H21BrN2O4S/c33-20-12-9-19(10-13-20)29-25-15-11-18-5-1-2-6-22(18)28(25)34-32-35(29)30(36)27(40-32)17-21-14-16-26(39-21)23-7-3-4-8-24(23)31(37)38/h1-10,12-14,16-17,29H,11,15H2,(H,37,38)/b27-17-. The Morgan fingerprint density at radius 3 is 2.52 bits per heavy atom. The topological polar surface area (TPSA) is 84.8 Å². The molecule has 1 aliphatic carbocycles. The van der Waals surface area contributed by atoms with Gasteiger partial charge in [-0.2, -0.15) is 0 Å². The average Bonchev–Trinajstić information content (AvgIpc) is 3.56. The summed E-state index contributed by atoms with van der Waals surface area (Å²) in [6, 6.07) is 26.4. The van der Waals surface area contributed by atoms with Crippen molar-refractivity contribution in [3.8, 4) is 11.3 Å². The summed E-state index contributed by atoms with van der Waals surface area (Å²) < 4.78 is 9.29. The second-order valence-corrected chi connectivity index (χ2v) is 11.6. The Bertz CT molecular complexity index is 2030. The van der Waals surface area contributed by atoms with E-state index in [9.17, 15) is 14.7 Å². The van der Waals surface area contributed by atoms with E-state index in [2.05, 4.69) is 46.3 Å². The van der Waals surface area contributed by atoms with Gasteiger partial charge in [-0.05, 0) is 59.9 Å². The molecule has 3 aromatic carbocycles. The molecule has 6 nitrogen and oxygen atoms in total. The summed E-state index contributed by atoms with van der Waals surface area (Å²) in [7, 11) is 0. The smallest absolute Gasteiger partial charge is 0.336 e. The lowest BCUT2D eigenvalue weighted by molar-refractivity contribution is 0.0697. The summed E-state index contributed by atoms with van der Waals surface area (Å²) in [5.41, 5.74) is 6.02. The van der Waals surface area contributed by atoms with Crippen LogP contribution in [-0.2, 0) is 6.42 Å². The quantitative estimate of drug-likeness (QED) is 0.269. The van der Waals surface area contributed by atoms with Crippen molar-refractivity contribution in [1.82, 2.24) is 4.57 Å². The third-order valence-electron chi connectivity index (χ3n) is 7.38. The van der Waals surface area contributed by atoms with Crippen molar-refractivity contribution in [2.45, 2.75) is 18.9 Å². The van der Waals surface area contributed by atoms with E-state index < -0.39 is 5.97 Å². The number of thiazole rings is 1. The molecule has 0 saturated heterocycles. The lowest BCUT2D eigenvalue weighted by Crippen LogP contribution is -2.38. The van der Waals surface area contributed by atoms with Crippen molar-refractivity contribution in [3.63, 3.8) is 0 Å². The van der Waals surface area contributed by atoms with Gasteiger partial charge < -0.3 is 9.52 Å². The number of rotatable bonds is 4. The molecule has 196 valence electrons. The number of aryl methyl sites for hydroxylation is 1. The van der Waals surface area contributed by atoms with Crippen LogP contribution in [0.25, 0.3) is 23.1 Å².